The van der Waals surface area contributed by atoms with E-state index in [1.165, 1.54) is 10.9 Å². The van der Waals surface area contributed by atoms with Crippen LogP contribution >= 0.6 is 0 Å². The molecule has 0 aliphatic carbocycles. The molecular weight excluding hydrogens is 348 g/mol. The lowest BCUT2D eigenvalue weighted by molar-refractivity contribution is 0.306. The van der Waals surface area contributed by atoms with E-state index in [0.29, 0.717) is 29.1 Å². The number of nitrogens with two attached hydrogens (primary N) is 1. The second-order valence-corrected chi connectivity index (χ2v) is 5.69. The minimum Gasteiger partial charge on any atom is -0.507 e. The van der Waals surface area contributed by atoms with Crippen molar-refractivity contribution in [1.29, 1.82) is 0 Å². The molecule has 138 valence electrons. The normalized spacial score (nSPS) is 12.0. The van der Waals surface area contributed by atoms with Crippen molar-refractivity contribution >= 4 is 17.7 Å². The average molecular weight is 366 g/mol. The van der Waals surface area contributed by atoms with Crippen molar-refractivity contribution in [2.45, 2.75) is 20.3 Å². The van der Waals surface area contributed by atoms with Gasteiger partial charge in [-0.3, -0.25) is 0 Å². The third-order valence-electron chi connectivity index (χ3n) is 3.85. The second kappa shape index (κ2) is 7.60. The zero-order valence-corrected chi connectivity index (χ0v) is 14.9. The van der Waals surface area contributed by atoms with Gasteiger partial charge in [0.2, 0.25) is 11.6 Å². The number of phenolic OH excluding ortho intramolecular Hbond substituents is 1. The van der Waals surface area contributed by atoms with E-state index in [-0.39, 0.29) is 17.4 Å². The number of anilines is 1. The number of aromatic hydroxyl groups is 1. The van der Waals surface area contributed by atoms with Crippen LogP contribution in [-0.2, 0) is 6.42 Å². The van der Waals surface area contributed by atoms with E-state index in [2.05, 4.69) is 42.0 Å². The summed E-state index contributed by atoms with van der Waals surface area (Å²) in [6.07, 6.45) is 3.77. The molecule has 0 aliphatic heterocycles. The summed E-state index contributed by atoms with van der Waals surface area (Å²) in [4.78, 5) is 0. The Balaban J connectivity index is 1.84. The smallest absolute Gasteiger partial charge is 0.243 e. The highest BCUT2D eigenvalue weighted by Crippen LogP contribution is 2.21. The van der Waals surface area contributed by atoms with Crippen LogP contribution in [0.1, 0.15) is 29.4 Å². The Hall–Kier alpha value is -3.82. The maximum atomic E-state index is 10.2. The minimum absolute atomic E-state index is 0.108. The highest BCUT2D eigenvalue weighted by atomic mass is 16.6. The molecule has 10 heteroatoms. The van der Waals surface area contributed by atoms with Crippen molar-refractivity contribution in [3.8, 4) is 11.6 Å². The van der Waals surface area contributed by atoms with Gasteiger partial charge < -0.3 is 10.8 Å². The predicted molar refractivity (Wildman–Crippen MR) is 100 cm³/mol. The summed E-state index contributed by atoms with van der Waals surface area (Å²) in [5.74, 6) is 0.522. The number of nitrogens with zero attached hydrogens (tertiary/aromatic N) is 7. The number of benzene rings is 1. The number of hydrogen-bond donors (Lipinski definition) is 2. The molecule has 2 aromatic heterocycles. The number of hydrogen-bond acceptors (Lipinski definition) is 9. The summed E-state index contributed by atoms with van der Waals surface area (Å²) in [6.45, 7) is 7.21. The molecule has 0 bridgehead atoms. The zero-order chi connectivity index (χ0) is 19.4. The van der Waals surface area contributed by atoms with Crippen LogP contribution in [0.15, 0.2) is 45.7 Å². The first-order valence-corrected chi connectivity index (χ1v) is 8.03. The molecule has 0 aliphatic rings. The molecule has 0 saturated heterocycles. The van der Waals surface area contributed by atoms with Gasteiger partial charge in [-0.25, -0.2) is 4.63 Å². The third-order valence-corrected chi connectivity index (χ3v) is 3.85. The Bertz CT molecular complexity index is 1030. The fraction of sp³-hybridized carbons (Fsp3) is 0.176. The molecule has 3 rings (SSSR count). The van der Waals surface area contributed by atoms with E-state index in [4.69, 9.17) is 5.73 Å². The van der Waals surface area contributed by atoms with Crippen LogP contribution in [0, 0.1) is 6.92 Å². The van der Waals surface area contributed by atoms with Gasteiger partial charge in [-0.2, -0.15) is 14.9 Å². The van der Waals surface area contributed by atoms with Gasteiger partial charge >= 0.3 is 0 Å². The van der Waals surface area contributed by atoms with Crippen molar-refractivity contribution in [2.24, 2.45) is 10.2 Å². The molecule has 27 heavy (non-hydrogen) atoms. The quantitative estimate of drug-likeness (QED) is 0.385. The number of phenols is 1. The van der Waals surface area contributed by atoms with Crippen LogP contribution in [0.3, 0.4) is 0 Å². The van der Waals surface area contributed by atoms with E-state index < -0.39 is 0 Å². The zero-order valence-electron chi connectivity index (χ0n) is 14.9. The van der Waals surface area contributed by atoms with E-state index in [1.807, 2.05) is 12.1 Å². The molecule has 0 amide bonds. The van der Waals surface area contributed by atoms with Gasteiger partial charge in [0.05, 0.1) is 17.6 Å². The second-order valence-electron chi connectivity index (χ2n) is 5.69. The van der Waals surface area contributed by atoms with E-state index in [1.54, 1.807) is 26.0 Å². The Morgan fingerprint density at radius 1 is 1.41 bits per heavy atom. The molecule has 0 radical (unpaired) electrons. The molecule has 0 atom stereocenters. The summed E-state index contributed by atoms with van der Waals surface area (Å²) in [5, 5.41) is 33.7. The van der Waals surface area contributed by atoms with Crippen LogP contribution in [0.5, 0.6) is 5.75 Å². The molecule has 0 spiro atoms. The number of para-hydroxylation sites is 1. The number of rotatable bonds is 6. The molecule has 1 aromatic carbocycles. The average Bonchev–Trinajstić information content (AvgIpc) is 3.23. The number of allylic oxidation sites excluding steroid dienone is 1. The van der Waals surface area contributed by atoms with Crippen LogP contribution in [0.4, 0.5) is 5.82 Å². The molecule has 2 heterocycles. The molecule has 0 fully saturated rings. The van der Waals surface area contributed by atoms with Crippen molar-refractivity contribution in [1.82, 2.24) is 25.3 Å². The Labute approximate surface area is 154 Å². The topological polar surface area (TPSA) is 141 Å². The predicted octanol–water partition coefficient (Wildman–Crippen LogP) is 1.82. The molecule has 10 nitrogen and oxygen atoms in total. The lowest BCUT2D eigenvalue weighted by Gasteiger charge is -2.03. The van der Waals surface area contributed by atoms with Crippen molar-refractivity contribution < 1.29 is 9.74 Å². The van der Waals surface area contributed by atoms with Crippen LogP contribution < -0.4 is 5.73 Å². The van der Waals surface area contributed by atoms with Crippen LogP contribution in [0.25, 0.3) is 5.82 Å². The standard InChI is InChI=1S/C17H18N8O2/c1-4-6-12-7-5-8-13(15(12)26)9-19-20-10(2)14-11(3)25(24-21-14)17-16(18)22-27-23-17/h4-5,7-9,26H,1,6H2,2-3H3,(H2,18,22)/b19-9-,20-10-. The van der Waals surface area contributed by atoms with Gasteiger partial charge in [0, 0.05) is 5.56 Å². The Morgan fingerprint density at radius 3 is 2.93 bits per heavy atom. The van der Waals surface area contributed by atoms with Gasteiger partial charge in [0.15, 0.2) is 0 Å². The summed E-state index contributed by atoms with van der Waals surface area (Å²) in [7, 11) is 0. The van der Waals surface area contributed by atoms with E-state index in [0.717, 1.165) is 5.56 Å². The Kier molecular flexibility index (Phi) is 5.06. The first kappa shape index (κ1) is 18.0. The fourth-order valence-corrected chi connectivity index (χ4v) is 2.46. The van der Waals surface area contributed by atoms with Crippen LogP contribution in [-0.4, -0.2) is 42.3 Å². The first-order valence-electron chi connectivity index (χ1n) is 8.03. The van der Waals surface area contributed by atoms with Crippen LogP contribution in [0.2, 0.25) is 0 Å². The highest BCUT2D eigenvalue weighted by Gasteiger charge is 2.17. The van der Waals surface area contributed by atoms with Gasteiger partial charge in [-0.15, -0.1) is 11.7 Å². The lowest BCUT2D eigenvalue weighted by atomic mass is 10.1. The van der Waals surface area contributed by atoms with Gasteiger partial charge in [0.25, 0.3) is 0 Å². The van der Waals surface area contributed by atoms with Crippen molar-refractivity contribution in [2.75, 3.05) is 5.73 Å². The molecule has 3 aromatic rings. The van der Waals surface area contributed by atoms with Gasteiger partial charge in [0.1, 0.15) is 11.4 Å². The molecule has 0 saturated carbocycles. The summed E-state index contributed by atoms with van der Waals surface area (Å²) < 4.78 is 5.99. The molecular formula is C17H18N8O2. The van der Waals surface area contributed by atoms with Gasteiger partial charge in [-0.05, 0) is 42.2 Å². The summed E-state index contributed by atoms with van der Waals surface area (Å²) in [6, 6.07) is 5.41. The highest BCUT2D eigenvalue weighted by molar-refractivity contribution is 5.98. The van der Waals surface area contributed by atoms with Crippen molar-refractivity contribution in [3.05, 3.63) is 53.4 Å². The van der Waals surface area contributed by atoms with Gasteiger partial charge in [-0.1, -0.05) is 23.4 Å². The SMILES string of the molecule is C=CCc1cccc(/C=N\N=C(\C)c2nnn(-c3nonc3N)c2C)c1O. The molecule has 3 N–H and O–H groups in total. The first-order chi connectivity index (χ1) is 13.0. The van der Waals surface area contributed by atoms with E-state index in [9.17, 15) is 5.11 Å². The maximum absolute atomic E-state index is 10.2. The number of aromatic nitrogens is 5. The Morgan fingerprint density at radius 2 is 2.22 bits per heavy atom. The van der Waals surface area contributed by atoms with Crippen molar-refractivity contribution in [3.63, 3.8) is 0 Å². The fourth-order valence-electron chi connectivity index (χ4n) is 2.46. The largest absolute Gasteiger partial charge is 0.507 e. The minimum atomic E-state index is 0.108. The summed E-state index contributed by atoms with van der Waals surface area (Å²) >= 11 is 0. The number of nitrogen functional groups attached to an aromatic ring is 1. The maximum Gasteiger partial charge on any atom is 0.243 e. The third kappa shape index (κ3) is 3.59. The molecule has 0 unspecified atom stereocenters. The monoisotopic (exact) mass is 366 g/mol. The van der Waals surface area contributed by atoms with E-state index >= 15 is 0 Å². The lowest BCUT2D eigenvalue weighted by Crippen LogP contribution is -2.04. The summed E-state index contributed by atoms with van der Waals surface area (Å²) in [5.41, 5.74) is 8.73.